The van der Waals surface area contributed by atoms with E-state index >= 15 is 0 Å². The van der Waals surface area contributed by atoms with Gasteiger partial charge in [-0.3, -0.25) is 0 Å². The lowest BCUT2D eigenvalue weighted by Gasteiger charge is -1.93. The monoisotopic (exact) mass is 205 g/mol. The van der Waals surface area contributed by atoms with Crippen molar-refractivity contribution in [1.29, 1.82) is 0 Å². The maximum Gasteiger partial charge on any atom is 0.424 e. The second-order valence-corrected chi connectivity index (χ2v) is 2.96. The standard InChI is InChI=1S/C10H8N2O3/c1-15-10(14)9(13)12-6-11-7-4-2-3-5-8(7)12/h2-6H,1H3/p+1. The number of hydrogen-bond donors (Lipinski definition) is 0. The number of carbonyl (C=O) groups is 2. The van der Waals surface area contributed by atoms with E-state index in [4.69, 9.17) is 0 Å². The van der Waals surface area contributed by atoms with Gasteiger partial charge in [0.1, 0.15) is 0 Å². The summed E-state index contributed by atoms with van der Waals surface area (Å²) in [6.45, 7) is 0. The number of carbonyl (C=O) groups excluding carboxylic acids is 2. The van der Waals surface area contributed by atoms with Crippen LogP contribution in [-0.2, 0) is 9.53 Å². The van der Waals surface area contributed by atoms with Crippen LogP contribution >= 0.6 is 0 Å². The Bertz CT molecular complexity index is 530. The Labute approximate surface area is 85.3 Å². The molecular weight excluding hydrogens is 196 g/mol. The van der Waals surface area contributed by atoms with Crippen LogP contribution in [0.5, 0.6) is 0 Å². The number of fused-ring (bicyclic) bond motifs is 1. The summed E-state index contributed by atoms with van der Waals surface area (Å²) in [7, 11) is 1.18. The molecule has 0 amide bonds. The van der Waals surface area contributed by atoms with Crippen LogP contribution in [0.25, 0.3) is 11.0 Å². The third-order valence-electron chi connectivity index (χ3n) is 2.09. The summed E-state index contributed by atoms with van der Waals surface area (Å²) < 4.78 is 5.58. The molecule has 0 aliphatic rings. The number of H-pyrrole nitrogens is 1. The molecule has 1 aromatic carbocycles. The number of benzene rings is 1. The van der Waals surface area contributed by atoms with Gasteiger partial charge in [-0.25, -0.2) is 14.6 Å². The fourth-order valence-electron chi connectivity index (χ4n) is 1.36. The molecule has 1 N–H and O–H groups in total. The first-order valence-corrected chi connectivity index (χ1v) is 4.34. The molecule has 2 rings (SSSR count). The van der Waals surface area contributed by atoms with Crippen molar-refractivity contribution in [3.05, 3.63) is 30.6 Å². The fourth-order valence-corrected chi connectivity index (χ4v) is 1.36. The van der Waals surface area contributed by atoms with Gasteiger partial charge in [0.2, 0.25) is 0 Å². The van der Waals surface area contributed by atoms with Crippen molar-refractivity contribution in [2.45, 2.75) is 0 Å². The SMILES string of the molecule is COC(=O)C(=O)n1c[nH+]c2ccccc21. The lowest BCUT2D eigenvalue weighted by molar-refractivity contribution is -0.345. The lowest BCUT2D eigenvalue weighted by Crippen LogP contribution is -2.22. The summed E-state index contributed by atoms with van der Waals surface area (Å²) >= 11 is 0. The summed E-state index contributed by atoms with van der Waals surface area (Å²) in [4.78, 5) is 25.4. The average Bonchev–Trinajstić information content (AvgIpc) is 2.70. The quantitative estimate of drug-likeness (QED) is 0.458. The predicted octanol–water partition coefficient (Wildman–Crippen LogP) is 0.269. The summed E-state index contributed by atoms with van der Waals surface area (Å²) in [5, 5.41) is 0. The summed E-state index contributed by atoms with van der Waals surface area (Å²) in [6.07, 6.45) is 1.43. The molecule has 0 saturated heterocycles. The molecule has 0 fully saturated rings. The molecule has 0 atom stereocenters. The van der Waals surface area contributed by atoms with Gasteiger partial charge in [0.05, 0.1) is 7.11 Å². The minimum absolute atomic E-state index is 0.646. The number of imidazole rings is 1. The van der Waals surface area contributed by atoms with Crippen LogP contribution in [0.2, 0.25) is 0 Å². The second kappa shape index (κ2) is 3.53. The van der Waals surface area contributed by atoms with E-state index in [2.05, 4.69) is 9.72 Å². The van der Waals surface area contributed by atoms with Gasteiger partial charge in [0.15, 0.2) is 11.0 Å². The largest absolute Gasteiger partial charge is 0.460 e. The third-order valence-corrected chi connectivity index (χ3v) is 2.09. The maximum absolute atomic E-state index is 11.5. The molecule has 15 heavy (non-hydrogen) atoms. The fraction of sp³-hybridized carbons (Fsp3) is 0.100. The van der Waals surface area contributed by atoms with Crippen molar-refractivity contribution in [3.63, 3.8) is 0 Å². The van der Waals surface area contributed by atoms with Crippen LogP contribution in [0.4, 0.5) is 0 Å². The smallest absolute Gasteiger partial charge is 0.424 e. The Kier molecular flexibility index (Phi) is 2.21. The Morgan fingerprint density at radius 3 is 2.80 bits per heavy atom. The third kappa shape index (κ3) is 1.48. The Morgan fingerprint density at radius 1 is 1.33 bits per heavy atom. The van der Waals surface area contributed by atoms with Gasteiger partial charge >= 0.3 is 11.9 Å². The van der Waals surface area contributed by atoms with E-state index in [1.54, 1.807) is 12.1 Å². The van der Waals surface area contributed by atoms with Gasteiger partial charge in [0.25, 0.3) is 6.33 Å². The van der Waals surface area contributed by atoms with Crippen molar-refractivity contribution in [2.75, 3.05) is 7.11 Å². The topological polar surface area (TPSA) is 62.4 Å². The minimum atomic E-state index is -0.884. The summed E-state index contributed by atoms with van der Waals surface area (Å²) in [5.74, 6) is -1.60. The van der Waals surface area contributed by atoms with Crippen molar-refractivity contribution >= 4 is 22.9 Å². The van der Waals surface area contributed by atoms with Gasteiger partial charge in [-0.15, -0.1) is 0 Å². The molecule has 5 heteroatoms. The van der Waals surface area contributed by atoms with Crippen molar-refractivity contribution < 1.29 is 19.3 Å². The molecule has 0 aliphatic heterocycles. The van der Waals surface area contributed by atoms with Gasteiger partial charge in [-0.05, 0) is 12.1 Å². The number of methoxy groups -OCH3 is 1. The molecular formula is C10H9N2O3+. The van der Waals surface area contributed by atoms with Crippen molar-refractivity contribution in [1.82, 2.24) is 4.57 Å². The van der Waals surface area contributed by atoms with Crippen molar-refractivity contribution in [2.24, 2.45) is 0 Å². The minimum Gasteiger partial charge on any atom is -0.460 e. The van der Waals surface area contributed by atoms with E-state index in [1.165, 1.54) is 18.0 Å². The highest BCUT2D eigenvalue weighted by molar-refractivity contribution is 6.34. The van der Waals surface area contributed by atoms with E-state index < -0.39 is 11.9 Å². The normalized spacial score (nSPS) is 10.2. The Balaban J connectivity index is 2.53. The first kappa shape index (κ1) is 9.39. The van der Waals surface area contributed by atoms with E-state index in [1.807, 2.05) is 12.1 Å². The second-order valence-electron chi connectivity index (χ2n) is 2.96. The number of aromatic nitrogens is 2. The van der Waals surface area contributed by atoms with Crippen LogP contribution in [0.1, 0.15) is 4.79 Å². The van der Waals surface area contributed by atoms with E-state index in [9.17, 15) is 9.59 Å². The summed E-state index contributed by atoms with van der Waals surface area (Å²) in [6, 6.07) is 7.19. The van der Waals surface area contributed by atoms with Gasteiger partial charge in [-0.2, -0.15) is 4.57 Å². The van der Waals surface area contributed by atoms with E-state index in [0.29, 0.717) is 5.52 Å². The number of nitrogens with one attached hydrogen (secondary N) is 1. The summed E-state index contributed by atoms with van der Waals surface area (Å²) in [5.41, 5.74) is 1.43. The van der Waals surface area contributed by atoms with Crippen LogP contribution < -0.4 is 4.98 Å². The van der Waals surface area contributed by atoms with Gasteiger partial charge < -0.3 is 4.74 Å². The molecule has 0 saturated carbocycles. The molecule has 0 unspecified atom stereocenters. The molecule has 1 heterocycles. The molecule has 0 aliphatic carbocycles. The zero-order chi connectivity index (χ0) is 10.8. The van der Waals surface area contributed by atoms with Crippen LogP contribution in [0, 0.1) is 0 Å². The Hall–Kier alpha value is -2.17. The lowest BCUT2D eigenvalue weighted by atomic mass is 10.3. The highest BCUT2D eigenvalue weighted by atomic mass is 16.5. The number of esters is 1. The first-order chi connectivity index (χ1) is 7.24. The van der Waals surface area contributed by atoms with Crippen LogP contribution in [-0.4, -0.2) is 23.6 Å². The number of rotatable bonds is 0. The molecule has 1 aromatic heterocycles. The zero-order valence-electron chi connectivity index (χ0n) is 8.06. The number of hydrogen-bond acceptors (Lipinski definition) is 3. The van der Waals surface area contributed by atoms with Gasteiger partial charge in [-0.1, -0.05) is 12.1 Å². The Morgan fingerprint density at radius 2 is 2.07 bits per heavy atom. The predicted molar refractivity (Wildman–Crippen MR) is 51.1 cm³/mol. The number of nitrogens with zero attached hydrogens (tertiary/aromatic N) is 1. The molecule has 0 radical (unpaired) electrons. The molecule has 0 spiro atoms. The zero-order valence-corrected chi connectivity index (χ0v) is 8.06. The van der Waals surface area contributed by atoms with Crippen LogP contribution in [0.3, 0.4) is 0 Å². The molecule has 2 aromatic rings. The average molecular weight is 205 g/mol. The highest BCUT2D eigenvalue weighted by Crippen LogP contribution is 2.08. The molecule has 0 bridgehead atoms. The number of para-hydroxylation sites is 2. The maximum atomic E-state index is 11.5. The number of aromatic amines is 1. The van der Waals surface area contributed by atoms with Crippen molar-refractivity contribution in [3.8, 4) is 0 Å². The molecule has 5 nitrogen and oxygen atoms in total. The van der Waals surface area contributed by atoms with E-state index in [0.717, 1.165) is 5.52 Å². The molecule has 76 valence electrons. The highest BCUT2D eigenvalue weighted by Gasteiger charge is 2.24. The van der Waals surface area contributed by atoms with E-state index in [-0.39, 0.29) is 0 Å². The number of ether oxygens (including phenoxy) is 1. The first-order valence-electron chi connectivity index (χ1n) is 4.34. The van der Waals surface area contributed by atoms with Crippen LogP contribution in [0.15, 0.2) is 30.6 Å². The van der Waals surface area contributed by atoms with Gasteiger partial charge in [0, 0.05) is 0 Å².